The minimum Gasteiger partial charge on any atom is -0.487 e. The fourth-order valence-corrected chi connectivity index (χ4v) is 4.04. The molecule has 1 heterocycles. The topological polar surface area (TPSA) is 114 Å². The Morgan fingerprint density at radius 3 is 2.66 bits per heavy atom. The number of hydrogen-bond acceptors (Lipinski definition) is 7. The number of nitrogens with zero attached hydrogens (tertiary/aromatic N) is 2. The second-order valence-electron chi connectivity index (χ2n) is 9.40. The third-order valence-electron chi connectivity index (χ3n) is 6.11. The Hall–Kier alpha value is -4.44. The number of benzene rings is 3. The van der Waals surface area contributed by atoms with Gasteiger partial charge < -0.3 is 25.4 Å². The maximum atomic E-state index is 13.4. The average molecular weight is 580 g/mol. The largest absolute Gasteiger partial charge is 0.487 e. The quantitative estimate of drug-likeness (QED) is 0.157. The maximum Gasteiger partial charge on any atom is 0.407 e. The molecule has 2 amide bonds. The van der Waals surface area contributed by atoms with E-state index in [0.717, 1.165) is 12.8 Å². The van der Waals surface area contributed by atoms with Crippen molar-refractivity contribution in [3.05, 3.63) is 83.4 Å². The van der Waals surface area contributed by atoms with Crippen molar-refractivity contribution in [3.63, 3.8) is 0 Å². The lowest BCUT2D eigenvalue weighted by Crippen LogP contribution is -2.34. The van der Waals surface area contributed by atoms with Crippen LogP contribution in [-0.4, -0.2) is 35.1 Å². The molecule has 1 aromatic heterocycles. The van der Waals surface area contributed by atoms with E-state index in [0.29, 0.717) is 51.0 Å². The number of carbonyl (C=O) groups excluding carboxylic acids is 2. The third-order valence-corrected chi connectivity index (χ3v) is 6.41. The summed E-state index contributed by atoms with van der Waals surface area (Å²) in [5.74, 6) is -0.108. The van der Waals surface area contributed by atoms with Crippen LogP contribution in [0.3, 0.4) is 0 Å². The summed E-state index contributed by atoms with van der Waals surface area (Å²) in [5, 5.41) is 9.77. The smallest absolute Gasteiger partial charge is 0.407 e. The Morgan fingerprint density at radius 1 is 1.05 bits per heavy atom. The van der Waals surface area contributed by atoms with Crippen LogP contribution in [0.4, 0.5) is 26.4 Å². The van der Waals surface area contributed by atoms with E-state index in [-0.39, 0.29) is 24.9 Å². The van der Waals surface area contributed by atoms with E-state index in [1.807, 2.05) is 6.92 Å². The summed E-state index contributed by atoms with van der Waals surface area (Å²) in [5.41, 5.74) is 2.57. The second-order valence-corrected chi connectivity index (χ2v) is 9.81. The van der Waals surface area contributed by atoms with Crippen LogP contribution in [0.2, 0.25) is 5.02 Å². The van der Waals surface area contributed by atoms with Gasteiger partial charge in [0, 0.05) is 23.3 Å². The highest BCUT2D eigenvalue weighted by molar-refractivity contribution is 6.32. The summed E-state index contributed by atoms with van der Waals surface area (Å²) in [6.07, 6.45) is 2.61. The molecule has 1 atom stereocenters. The highest BCUT2D eigenvalue weighted by Crippen LogP contribution is 2.31. The summed E-state index contributed by atoms with van der Waals surface area (Å²) in [6, 6.07) is 16.7. The van der Waals surface area contributed by atoms with Gasteiger partial charge in [-0.25, -0.2) is 19.2 Å². The first-order valence-electron chi connectivity index (χ1n) is 13.2. The molecule has 0 spiro atoms. The number of rotatable bonds is 12. The zero-order valence-corrected chi connectivity index (χ0v) is 23.5. The molecule has 0 radical (unpaired) electrons. The maximum absolute atomic E-state index is 13.4. The molecular formula is C30H31ClFN5O4. The molecule has 3 aromatic carbocycles. The number of halogens is 2. The van der Waals surface area contributed by atoms with Gasteiger partial charge in [-0.3, -0.25) is 4.79 Å². The van der Waals surface area contributed by atoms with Crippen LogP contribution in [0.25, 0.3) is 10.9 Å². The Kier molecular flexibility index (Phi) is 10.3. The molecule has 11 heteroatoms. The van der Waals surface area contributed by atoms with Crippen molar-refractivity contribution in [2.45, 2.75) is 33.3 Å². The predicted molar refractivity (Wildman–Crippen MR) is 157 cm³/mol. The van der Waals surface area contributed by atoms with E-state index in [9.17, 15) is 14.0 Å². The van der Waals surface area contributed by atoms with E-state index in [1.54, 1.807) is 55.5 Å². The standard InChI is InChI=1S/C30H31ClFN5O4/c1-3-4-12-40-30(39)33-16-19(2)29(38)37-22-8-10-26-24(14-22)28(35-18-34-26)36-23-9-11-27(25(31)15-23)41-17-20-6-5-7-21(32)13-20/h5-11,13-15,18-19H,3-4,12,16-17H2,1-2H3,(H,33,39)(H,37,38)(H,34,35,36). The lowest BCUT2D eigenvalue weighted by atomic mass is 10.1. The molecular weight excluding hydrogens is 549 g/mol. The van der Waals surface area contributed by atoms with Gasteiger partial charge >= 0.3 is 6.09 Å². The number of fused-ring (bicyclic) bond motifs is 1. The Balaban J connectivity index is 1.39. The molecule has 0 fully saturated rings. The van der Waals surface area contributed by atoms with Crippen LogP contribution >= 0.6 is 11.6 Å². The first kappa shape index (κ1) is 29.5. The number of aromatic nitrogens is 2. The van der Waals surface area contributed by atoms with Gasteiger partial charge in [0.1, 0.15) is 30.3 Å². The normalized spacial score (nSPS) is 11.5. The lowest BCUT2D eigenvalue weighted by molar-refractivity contribution is -0.119. The fraction of sp³-hybridized carbons (Fsp3) is 0.267. The van der Waals surface area contributed by atoms with Crippen LogP contribution in [-0.2, 0) is 16.1 Å². The number of nitrogens with one attached hydrogen (secondary N) is 3. The van der Waals surface area contributed by atoms with Crippen molar-refractivity contribution in [2.24, 2.45) is 5.92 Å². The summed E-state index contributed by atoms with van der Waals surface area (Å²) in [4.78, 5) is 33.2. The Bertz CT molecular complexity index is 1520. The molecule has 4 aromatic rings. The molecule has 0 aliphatic heterocycles. The number of alkyl carbamates (subject to hydrolysis) is 1. The minimum atomic E-state index is -0.539. The predicted octanol–water partition coefficient (Wildman–Crippen LogP) is 6.85. The van der Waals surface area contributed by atoms with Crippen molar-refractivity contribution < 1.29 is 23.5 Å². The van der Waals surface area contributed by atoms with Gasteiger partial charge in [-0.05, 0) is 60.5 Å². The van der Waals surface area contributed by atoms with Crippen molar-refractivity contribution in [3.8, 4) is 5.75 Å². The number of anilines is 3. The molecule has 41 heavy (non-hydrogen) atoms. The second kappa shape index (κ2) is 14.3. The summed E-state index contributed by atoms with van der Waals surface area (Å²) < 4.78 is 24.2. The van der Waals surface area contributed by atoms with E-state index in [2.05, 4.69) is 25.9 Å². The number of amides is 2. The van der Waals surface area contributed by atoms with Gasteiger partial charge in [0.15, 0.2) is 0 Å². The van der Waals surface area contributed by atoms with E-state index < -0.39 is 12.0 Å². The van der Waals surface area contributed by atoms with E-state index in [4.69, 9.17) is 21.1 Å². The van der Waals surface area contributed by atoms with Crippen molar-refractivity contribution in [1.29, 1.82) is 0 Å². The van der Waals surface area contributed by atoms with Crippen molar-refractivity contribution in [1.82, 2.24) is 15.3 Å². The van der Waals surface area contributed by atoms with Crippen LogP contribution in [0.1, 0.15) is 32.3 Å². The first-order chi connectivity index (χ1) is 19.8. The molecule has 3 N–H and O–H groups in total. The lowest BCUT2D eigenvalue weighted by Gasteiger charge is -2.15. The van der Waals surface area contributed by atoms with Crippen LogP contribution in [0.15, 0.2) is 67.0 Å². The minimum absolute atomic E-state index is 0.142. The van der Waals surface area contributed by atoms with E-state index in [1.165, 1.54) is 18.5 Å². The van der Waals surface area contributed by atoms with Gasteiger partial charge in [0.05, 0.1) is 23.1 Å². The highest BCUT2D eigenvalue weighted by Gasteiger charge is 2.16. The van der Waals surface area contributed by atoms with Crippen LogP contribution < -0.4 is 20.7 Å². The Morgan fingerprint density at radius 2 is 1.88 bits per heavy atom. The van der Waals surface area contributed by atoms with Gasteiger partial charge in [0.2, 0.25) is 5.91 Å². The molecule has 0 saturated carbocycles. The summed E-state index contributed by atoms with van der Waals surface area (Å²) in [6.45, 7) is 4.39. The first-order valence-corrected chi connectivity index (χ1v) is 13.6. The molecule has 0 aliphatic carbocycles. The zero-order chi connectivity index (χ0) is 29.2. The third kappa shape index (κ3) is 8.52. The molecule has 0 bridgehead atoms. The SMILES string of the molecule is CCCCOC(=O)NCC(C)C(=O)Nc1ccc2ncnc(Nc3ccc(OCc4cccc(F)c4)c(Cl)c3)c2c1. The van der Waals surface area contributed by atoms with Crippen molar-refractivity contribution >= 4 is 51.7 Å². The van der Waals surface area contributed by atoms with Gasteiger partial charge in [-0.15, -0.1) is 0 Å². The van der Waals surface area contributed by atoms with Crippen molar-refractivity contribution in [2.75, 3.05) is 23.8 Å². The Labute approximate surface area is 242 Å². The molecule has 9 nitrogen and oxygen atoms in total. The number of carbonyl (C=O) groups is 2. The van der Waals surface area contributed by atoms with Gasteiger partial charge in [-0.2, -0.15) is 0 Å². The molecule has 0 saturated heterocycles. The number of hydrogen-bond donors (Lipinski definition) is 3. The number of unbranched alkanes of at least 4 members (excludes halogenated alkanes) is 1. The van der Waals surface area contributed by atoms with Gasteiger partial charge in [-0.1, -0.05) is 44.0 Å². The average Bonchev–Trinajstić information content (AvgIpc) is 2.96. The zero-order valence-electron chi connectivity index (χ0n) is 22.7. The van der Waals surface area contributed by atoms with E-state index >= 15 is 0 Å². The highest BCUT2D eigenvalue weighted by atomic mass is 35.5. The summed E-state index contributed by atoms with van der Waals surface area (Å²) in [7, 11) is 0. The fourth-order valence-electron chi connectivity index (χ4n) is 3.81. The molecule has 0 aliphatic rings. The molecule has 4 rings (SSSR count). The monoisotopic (exact) mass is 579 g/mol. The van der Waals surface area contributed by atoms with Gasteiger partial charge in [0.25, 0.3) is 0 Å². The number of ether oxygens (including phenoxy) is 2. The van der Waals surface area contributed by atoms with Crippen LogP contribution in [0, 0.1) is 11.7 Å². The summed E-state index contributed by atoms with van der Waals surface area (Å²) >= 11 is 6.45. The molecule has 1 unspecified atom stereocenters. The van der Waals surface area contributed by atoms with Crippen LogP contribution in [0.5, 0.6) is 5.75 Å². The molecule has 214 valence electrons.